The van der Waals surface area contributed by atoms with Crippen molar-refractivity contribution in [3.05, 3.63) is 311 Å². The van der Waals surface area contributed by atoms with Gasteiger partial charge in [-0.05, 0) is 230 Å². The van der Waals surface area contributed by atoms with E-state index in [4.69, 9.17) is 24.7 Å². The number of hydrogen-bond donors (Lipinski definition) is 0. The van der Waals surface area contributed by atoms with Crippen LogP contribution in [0, 0.1) is 48.4 Å². The molecule has 4 nitrogen and oxygen atoms in total. The molecular weight excluding hydrogens is 1200 g/mol. The summed E-state index contributed by atoms with van der Waals surface area (Å²) in [6.07, 6.45) is -2.82. The van der Waals surface area contributed by atoms with Crippen molar-refractivity contribution in [2.24, 2.45) is 28.2 Å². The standard InChI is InChI=1S/C25H28N.2C24H26N.C22H24N/c1-19-8-6-7-11-24(19)25-17-16-23(18-26(25)2)22-14-12-21(13-15-22)20-9-4-3-5-10-20;1-18-8-3-6-13-23(18)24-15-14-22(17-25(24)2)21-12-7-11-20(16-21)19-9-4-5-10-19;1-18-7-3-6-10-23(18)24-16-15-22(17-25(24)2)21-13-11-20(12-14-21)19-8-4-5-9-19;1-15-8-6-7-9-21(15)22-14-19(10-11-23(22)5)20-12-16(2)18(4)17(3)13-20/h6-8,11-18,20H,3-5,9-10H2,1-2H3;3,6-8,11-17,19H,4-5,9-10H2,1-2H3;3,6-7,10-17,19H,4-5,8-9H2,1-2H3;6-14H,1-5H3/q4*+1/i4D2,9D2,20D;9D2,10D2,19D;4D2,8D2,19D;2D3. The maximum Gasteiger partial charge on any atom is 0.213 e. The second-order valence-electron chi connectivity index (χ2n) is 26.3. The molecule has 3 saturated carbocycles. The van der Waals surface area contributed by atoms with Crippen LogP contribution in [0.2, 0.25) is 0 Å². The summed E-state index contributed by atoms with van der Waals surface area (Å²) < 4.78 is 157. The van der Waals surface area contributed by atoms with Crippen molar-refractivity contribution < 1.29 is 42.9 Å². The fraction of sp³-hybridized carbons (Fsp3) is 0.284. The van der Waals surface area contributed by atoms with Gasteiger partial charge < -0.3 is 0 Å². The van der Waals surface area contributed by atoms with Gasteiger partial charge in [0, 0.05) is 93.9 Å². The van der Waals surface area contributed by atoms with Crippen molar-refractivity contribution in [2.75, 3.05) is 0 Å². The predicted molar refractivity (Wildman–Crippen MR) is 415 cm³/mol. The first-order valence-corrected chi connectivity index (χ1v) is 34.6. The lowest BCUT2D eigenvalue weighted by Gasteiger charge is -2.22. The highest BCUT2D eigenvalue weighted by atomic mass is 14.9. The molecule has 500 valence electrons. The van der Waals surface area contributed by atoms with Crippen LogP contribution in [0.25, 0.3) is 89.5 Å². The summed E-state index contributed by atoms with van der Waals surface area (Å²) in [7, 11) is 8.07. The largest absolute Gasteiger partial charge is 0.213 e. The van der Waals surface area contributed by atoms with Crippen LogP contribution in [0.1, 0.15) is 181 Å². The van der Waals surface area contributed by atoms with Gasteiger partial charge in [0.15, 0.2) is 24.8 Å². The molecule has 0 aliphatic heterocycles. The maximum absolute atomic E-state index is 8.85. The van der Waals surface area contributed by atoms with Crippen LogP contribution in [0.3, 0.4) is 0 Å². The van der Waals surface area contributed by atoms with Crippen LogP contribution < -0.4 is 18.3 Å². The van der Waals surface area contributed by atoms with E-state index in [1.165, 1.54) is 38.9 Å². The molecule has 4 heteroatoms. The third-order valence-electron chi connectivity index (χ3n) is 19.3. The summed E-state index contributed by atoms with van der Waals surface area (Å²) >= 11 is 0. The molecule has 0 bridgehead atoms. The lowest BCUT2D eigenvalue weighted by atomic mass is 9.84. The number of pyridine rings is 4. The van der Waals surface area contributed by atoms with Gasteiger partial charge in [0.1, 0.15) is 28.2 Å². The predicted octanol–water partition coefficient (Wildman–Crippen LogP) is 22.9. The van der Waals surface area contributed by atoms with E-state index in [0.29, 0.717) is 35.1 Å². The lowest BCUT2D eigenvalue weighted by Crippen LogP contribution is -2.30. The van der Waals surface area contributed by atoms with E-state index in [9.17, 15) is 0 Å². The van der Waals surface area contributed by atoms with Crippen LogP contribution in [0.15, 0.2) is 255 Å². The minimum atomic E-state index is -2.25. The monoisotopic (exact) mass is 1320 g/mol. The zero-order chi connectivity index (χ0) is 85.0. The molecule has 2 atom stereocenters. The first-order valence-electron chi connectivity index (χ1n) is 43.6. The first-order chi connectivity index (χ1) is 54.9. The Morgan fingerprint density at radius 2 is 0.717 bits per heavy atom. The fourth-order valence-corrected chi connectivity index (χ4v) is 13.3. The van der Waals surface area contributed by atoms with Crippen LogP contribution in [-0.4, -0.2) is 0 Å². The zero-order valence-corrected chi connectivity index (χ0v) is 59.0. The molecule has 99 heavy (non-hydrogen) atoms. The molecule has 15 rings (SSSR count). The lowest BCUT2D eigenvalue weighted by molar-refractivity contribution is -0.660. The normalized spacial score (nSPS) is 22.7. The van der Waals surface area contributed by atoms with E-state index in [1.54, 1.807) is 42.5 Å². The molecule has 3 aliphatic carbocycles. The Balaban J connectivity index is 0.000000144. The van der Waals surface area contributed by atoms with E-state index in [0.717, 1.165) is 84.0 Å². The van der Waals surface area contributed by atoms with Gasteiger partial charge in [0.25, 0.3) is 0 Å². The van der Waals surface area contributed by atoms with Gasteiger partial charge in [0.2, 0.25) is 22.8 Å². The Labute approximate surface area is 618 Å². The molecule has 4 aromatic heterocycles. The SMILES string of the molecule is [2H]C([2H])([2H])c1cc(-c2cc[n+](C)c(-c3ccccc3C)c2)cc(C)c1C.[2H]C1([2H])CCC([2H])([2H])C1([2H])c1cccc(-c2ccc(-c3ccccc3C)[n+](C)c2)c1.[2H]C1([2H])CCC([2H])(c2ccc(-c3ccc(-c4ccccc4C)[n+](C)c3)cc2)C1([2H])[2H].[2H]C1([2H])CCCC([2H])(c2ccc(-c3ccc(-c4ccccc4C)[n+](C)c3)cc2)C1([2H])[2H]. The van der Waals surface area contributed by atoms with E-state index >= 15 is 0 Å². The van der Waals surface area contributed by atoms with Crippen LogP contribution >= 0.6 is 0 Å². The molecule has 0 N–H and O–H groups in total. The maximum atomic E-state index is 8.85. The van der Waals surface area contributed by atoms with Crippen LogP contribution in [0.5, 0.6) is 0 Å². The molecule has 0 radical (unpaired) electrons. The highest BCUT2D eigenvalue weighted by Crippen LogP contribution is 2.39. The first kappa shape index (κ1) is 49.8. The number of hydrogen-bond acceptors (Lipinski definition) is 0. The molecule has 8 aromatic carbocycles. The quantitative estimate of drug-likeness (QED) is 0.115. The van der Waals surface area contributed by atoms with Gasteiger partial charge in [-0.2, -0.15) is 0 Å². The smallest absolute Gasteiger partial charge is 0.201 e. The molecule has 0 saturated heterocycles. The van der Waals surface area contributed by atoms with Crippen LogP contribution in [-0.2, 0) is 28.2 Å². The Hall–Kier alpha value is -9.64. The molecule has 3 fully saturated rings. The highest BCUT2D eigenvalue weighted by molar-refractivity contribution is 5.73. The summed E-state index contributed by atoms with van der Waals surface area (Å²) in [6, 6.07) is 75.5. The number of rotatable bonds is 11. The molecule has 0 amide bonds. The molecule has 2 unspecified atom stereocenters. The third kappa shape index (κ3) is 16.7. The molecule has 0 spiro atoms. The van der Waals surface area contributed by atoms with Crippen LogP contribution in [0.4, 0.5) is 0 Å². The highest BCUT2D eigenvalue weighted by Gasteiger charge is 2.23. The van der Waals surface area contributed by atoms with Gasteiger partial charge in [-0.25, -0.2) is 18.3 Å². The van der Waals surface area contributed by atoms with Gasteiger partial charge in [-0.15, -0.1) is 0 Å². The summed E-state index contributed by atoms with van der Waals surface area (Å²) in [5, 5.41) is 0. The third-order valence-corrected chi connectivity index (χ3v) is 19.3. The van der Waals surface area contributed by atoms with Gasteiger partial charge >= 0.3 is 0 Å². The summed E-state index contributed by atoms with van der Waals surface area (Å²) in [6.45, 7) is 10.1. The summed E-state index contributed by atoms with van der Waals surface area (Å²) in [4.78, 5) is 0. The molecule has 3 aliphatic rings. The van der Waals surface area contributed by atoms with Crippen molar-refractivity contribution in [1.29, 1.82) is 0 Å². The van der Waals surface area contributed by atoms with E-state index in [1.807, 2.05) is 151 Å². The second kappa shape index (κ2) is 32.4. The van der Waals surface area contributed by atoms with Crippen molar-refractivity contribution in [3.63, 3.8) is 0 Å². The summed E-state index contributed by atoms with van der Waals surface area (Å²) in [5.74, 6) is -5.10. The van der Waals surface area contributed by atoms with Gasteiger partial charge in [-0.3, -0.25) is 0 Å². The van der Waals surface area contributed by atoms with Crippen molar-refractivity contribution in [3.8, 4) is 89.5 Å². The topological polar surface area (TPSA) is 15.5 Å². The number of aromatic nitrogens is 4. The number of benzene rings is 8. The van der Waals surface area contributed by atoms with Crippen molar-refractivity contribution in [1.82, 2.24) is 0 Å². The minimum Gasteiger partial charge on any atom is -0.201 e. The van der Waals surface area contributed by atoms with Crippen molar-refractivity contribution >= 4 is 0 Å². The Morgan fingerprint density at radius 3 is 1.17 bits per heavy atom. The van der Waals surface area contributed by atoms with E-state index < -0.39 is 62.8 Å². The zero-order valence-electron chi connectivity index (χ0n) is 77.0. The molecule has 12 aromatic rings. The van der Waals surface area contributed by atoms with Gasteiger partial charge in [-0.1, -0.05) is 203 Å². The Bertz CT molecular complexity index is 5640. The Morgan fingerprint density at radius 1 is 0.303 bits per heavy atom. The fourth-order valence-electron chi connectivity index (χ4n) is 13.3. The van der Waals surface area contributed by atoms with E-state index in [-0.39, 0.29) is 32.1 Å². The van der Waals surface area contributed by atoms with Crippen molar-refractivity contribution in [2.45, 2.75) is 149 Å². The van der Waals surface area contributed by atoms with E-state index in [2.05, 4.69) is 149 Å². The second-order valence-corrected chi connectivity index (χ2v) is 26.3. The minimum absolute atomic E-state index is 0.0494. The average molecular weight is 1320 g/mol. The van der Waals surface area contributed by atoms with Gasteiger partial charge in [0.05, 0.1) is 0 Å². The Kier molecular flexibility index (Phi) is 16.3. The molecule has 4 heterocycles. The average Bonchev–Trinajstić information content (AvgIpc) is 1.70. The number of aryl methyl sites for hydroxylation is 10. The summed E-state index contributed by atoms with van der Waals surface area (Å²) in [5.41, 5.74) is 25.5. The number of nitrogens with zero attached hydrogens (tertiary/aromatic N) is 4. The molecular formula is C95H104N4+4.